The summed E-state index contributed by atoms with van der Waals surface area (Å²) in [5.41, 5.74) is 0.255. The lowest BCUT2D eigenvalue weighted by Gasteiger charge is -2.09. The summed E-state index contributed by atoms with van der Waals surface area (Å²) in [4.78, 5) is 16.9. The molecule has 0 atom stereocenters. The fraction of sp³-hybridized carbons (Fsp3) is 0.0435. The molecule has 0 bridgehead atoms. The molecule has 1 amide bonds. The molecule has 11 heteroatoms. The summed E-state index contributed by atoms with van der Waals surface area (Å²) < 4.78 is 57.1. The van der Waals surface area contributed by atoms with Crippen molar-refractivity contribution in [3.63, 3.8) is 0 Å². The average molecular weight is 518 g/mol. The van der Waals surface area contributed by atoms with Gasteiger partial charge in [-0.15, -0.1) is 6.42 Å². The number of halogens is 3. The topological polar surface area (TPSA) is 80.5 Å². The molecule has 1 heterocycles. The summed E-state index contributed by atoms with van der Waals surface area (Å²) in [7, 11) is -3.92. The van der Waals surface area contributed by atoms with Gasteiger partial charge >= 0.3 is 0 Å². The lowest BCUT2D eigenvalue weighted by atomic mass is 10.2. The second-order valence-corrected chi connectivity index (χ2v) is 10.1. The van der Waals surface area contributed by atoms with Gasteiger partial charge in [0.2, 0.25) is 0 Å². The van der Waals surface area contributed by atoms with E-state index in [9.17, 15) is 22.0 Å². The van der Waals surface area contributed by atoms with Crippen LogP contribution >= 0.6 is 22.9 Å². The summed E-state index contributed by atoms with van der Waals surface area (Å²) >= 11 is 6.71. The number of carbonyl (C=O) groups excluding carboxylic acids is 1. The van der Waals surface area contributed by atoms with E-state index in [2.05, 4.69) is 15.6 Å². The van der Waals surface area contributed by atoms with Crippen molar-refractivity contribution in [2.24, 2.45) is 4.99 Å². The third-order valence-electron chi connectivity index (χ3n) is 4.63. The van der Waals surface area contributed by atoms with Gasteiger partial charge < -0.3 is 4.57 Å². The number of thiazole rings is 1. The van der Waals surface area contributed by atoms with Crippen molar-refractivity contribution in [3.8, 4) is 12.3 Å². The Balaban J connectivity index is 1.70. The van der Waals surface area contributed by atoms with Crippen molar-refractivity contribution in [1.29, 1.82) is 0 Å². The third-order valence-corrected chi connectivity index (χ3v) is 7.30. The second kappa shape index (κ2) is 9.38. The van der Waals surface area contributed by atoms with Crippen molar-refractivity contribution in [1.82, 2.24) is 4.57 Å². The van der Waals surface area contributed by atoms with Crippen molar-refractivity contribution in [2.75, 3.05) is 4.72 Å². The Morgan fingerprint density at radius 1 is 1.15 bits per heavy atom. The van der Waals surface area contributed by atoms with Crippen LogP contribution in [0.25, 0.3) is 10.2 Å². The Kier molecular flexibility index (Phi) is 6.52. The molecule has 0 unspecified atom stereocenters. The van der Waals surface area contributed by atoms with Crippen LogP contribution in [0.2, 0.25) is 5.02 Å². The summed E-state index contributed by atoms with van der Waals surface area (Å²) in [5.74, 6) is 0.0564. The standard InChI is InChI=1S/C23H14ClF2N3O3S2/c1-2-10-29-21-19(26)12-16(25)13-20(21)33-23(29)27-22(30)14-4-3-5-17(11-14)28-34(31,32)18-8-6-15(24)7-9-18/h1,3-9,11-13,28H,10H2. The number of carbonyl (C=O) groups is 1. The van der Waals surface area contributed by atoms with Gasteiger partial charge in [0.25, 0.3) is 15.9 Å². The first-order valence-electron chi connectivity index (χ1n) is 9.57. The zero-order valence-corrected chi connectivity index (χ0v) is 19.5. The molecule has 0 aliphatic heterocycles. The van der Waals surface area contributed by atoms with Crippen molar-refractivity contribution < 1.29 is 22.0 Å². The summed E-state index contributed by atoms with van der Waals surface area (Å²) in [5, 5.41) is 0.388. The van der Waals surface area contributed by atoms with Gasteiger partial charge in [-0.3, -0.25) is 9.52 Å². The maximum atomic E-state index is 14.4. The molecule has 4 rings (SSSR count). The molecule has 34 heavy (non-hydrogen) atoms. The zero-order valence-electron chi connectivity index (χ0n) is 17.1. The Morgan fingerprint density at radius 3 is 2.59 bits per heavy atom. The first-order valence-corrected chi connectivity index (χ1v) is 12.2. The van der Waals surface area contributed by atoms with Crippen LogP contribution in [-0.2, 0) is 16.6 Å². The quantitative estimate of drug-likeness (QED) is 0.386. The van der Waals surface area contributed by atoms with Crippen LogP contribution in [0.15, 0.2) is 70.6 Å². The molecule has 0 fully saturated rings. The van der Waals surface area contributed by atoms with E-state index in [-0.39, 0.29) is 37.7 Å². The van der Waals surface area contributed by atoms with Crippen molar-refractivity contribution >= 4 is 54.8 Å². The van der Waals surface area contributed by atoms with Gasteiger partial charge in [-0.25, -0.2) is 17.2 Å². The molecule has 1 aromatic heterocycles. The van der Waals surface area contributed by atoms with Crippen LogP contribution in [0.1, 0.15) is 10.4 Å². The SMILES string of the molecule is C#CCn1c(=NC(=O)c2cccc(NS(=O)(=O)c3ccc(Cl)cc3)c2)sc2cc(F)cc(F)c21. The highest BCUT2D eigenvalue weighted by atomic mass is 35.5. The first-order chi connectivity index (χ1) is 16.2. The molecule has 0 aliphatic carbocycles. The van der Waals surface area contributed by atoms with Crippen LogP contribution in [0.3, 0.4) is 0 Å². The zero-order chi connectivity index (χ0) is 24.5. The van der Waals surface area contributed by atoms with E-state index >= 15 is 0 Å². The summed E-state index contributed by atoms with van der Waals surface area (Å²) in [6, 6.07) is 13.2. The van der Waals surface area contributed by atoms with Crippen molar-refractivity contribution in [3.05, 3.63) is 87.7 Å². The fourth-order valence-corrected chi connectivity index (χ4v) is 5.39. The molecule has 1 N–H and O–H groups in total. The molecule has 0 aliphatic rings. The number of fused-ring (bicyclic) bond motifs is 1. The van der Waals surface area contributed by atoms with Gasteiger partial charge in [0, 0.05) is 22.3 Å². The second-order valence-electron chi connectivity index (χ2n) is 6.97. The highest BCUT2D eigenvalue weighted by Gasteiger charge is 2.16. The highest BCUT2D eigenvalue weighted by molar-refractivity contribution is 7.92. The number of hydrogen-bond acceptors (Lipinski definition) is 4. The minimum absolute atomic E-state index is 0.00632. The summed E-state index contributed by atoms with van der Waals surface area (Å²) in [6.07, 6.45) is 5.37. The molecular formula is C23H14ClF2N3O3S2. The number of terminal acetylenes is 1. The molecule has 4 aromatic rings. The third kappa shape index (κ3) is 4.87. The molecule has 0 radical (unpaired) electrons. The van der Waals surface area contributed by atoms with Crippen LogP contribution in [0.5, 0.6) is 0 Å². The van der Waals surface area contributed by atoms with Gasteiger partial charge in [0.15, 0.2) is 10.6 Å². The van der Waals surface area contributed by atoms with Crippen LogP contribution in [0, 0.1) is 24.0 Å². The van der Waals surface area contributed by atoms with E-state index in [1.54, 1.807) is 0 Å². The predicted molar refractivity (Wildman–Crippen MR) is 127 cm³/mol. The smallest absolute Gasteiger partial charge is 0.279 e. The van der Waals surface area contributed by atoms with Gasteiger partial charge in [0.1, 0.15) is 5.82 Å². The molecule has 0 spiro atoms. The highest BCUT2D eigenvalue weighted by Crippen LogP contribution is 2.23. The number of benzene rings is 3. The Morgan fingerprint density at radius 2 is 1.88 bits per heavy atom. The molecule has 6 nitrogen and oxygen atoms in total. The molecule has 0 saturated heterocycles. The van der Waals surface area contributed by atoms with E-state index in [1.807, 2.05) is 0 Å². The van der Waals surface area contributed by atoms with E-state index < -0.39 is 27.6 Å². The Bertz CT molecular complexity index is 1640. The number of amides is 1. The normalized spacial score (nSPS) is 12.0. The average Bonchev–Trinajstić information content (AvgIpc) is 3.11. The number of anilines is 1. The lowest BCUT2D eigenvalue weighted by Crippen LogP contribution is -2.17. The van der Waals surface area contributed by atoms with E-state index in [4.69, 9.17) is 18.0 Å². The molecule has 0 saturated carbocycles. The van der Waals surface area contributed by atoms with Gasteiger partial charge in [-0.1, -0.05) is 34.9 Å². The largest absolute Gasteiger partial charge is 0.302 e. The van der Waals surface area contributed by atoms with E-state index in [0.717, 1.165) is 23.5 Å². The minimum atomic E-state index is -3.92. The maximum absolute atomic E-state index is 14.4. The minimum Gasteiger partial charge on any atom is -0.302 e. The van der Waals surface area contributed by atoms with Crippen molar-refractivity contribution in [2.45, 2.75) is 11.4 Å². The van der Waals surface area contributed by atoms with Gasteiger partial charge in [0.05, 0.1) is 21.7 Å². The number of nitrogens with one attached hydrogen (secondary N) is 1. The summed E-state index contributed by atoms with van der Waals surface area (Å²) in [6.45, 7) is -0.0877. The predicted octanol–water partition coefficient (Wildman–Crippen LogP) is 4.81. The van der Waals surface area contributed by atoms with Gasteiger partial charge in [-0.2, -0.15) is 4.99 Å². The lowest BCUT2D eigenvalue weighted by molar-refractivity contribution is 0.0998. The molecule has 172 valence electrons. The number of aromatic nitrogens is 1. The van der Waals surface area contributed by atoms with Gasteiger partial charge in [-0.05, 0) is 48.5 Å². The van der Waals surface area contributed by atoms with E-state index in [1.165, 1.54) is 53.1 Å². The number of sulfonamides is 1. The van der Waals surface area contributed by atoms with Crippen LogP contribution in [0.4, 0.5) is 14.5 Å². The van der Waals surface area contributed by atoms with Crippen LogP contribution in [-0.4, -0.2) is 18.9 Å². The molecule has 3 aromatic carbocycles. The number of hydrogen-bond donors (Lipinski definition) is 1. The molecular weight excluding hydrogens is 504 g/mol. The maximum Gasteiger partial charge on any atom is 0.279 e. The Labute approximate surface area is 202 Å². The number of nitrogens with zero attached hydrogens (tertiary/aromatic N) is 2. The fourth-order valence-electron chi connectivity index (χ4n) is 3.15. The first kappa shape index (κ1) is 23.6. The Hall–Kier alpha value is -3.52. The number of rotatable bonds is 5. The van der Waals surface area contributed by atoms with E-state index in [0.29, 0.717) is 5.02 Å². The van der Waals surface area contributed by atoms with Crippen LogP contribution < -0.4 is 9.52 Å². The monoisotopic (exact) mass is 517 g/mol.